The second kappa shape index (κ2) is 8.24. The number of aromatic nitrogens is 2. The van der Waals surface area contributed by atoms with E-state index in [1.54, 1.807) is 34.1 Å². The molecular weight excluding hydrogens is 374 g/mol. The molecule has 0 aliphatic heterocycles. The summed E-state index contributed by atoms with van der Waals surface area (Å²) in [7, 11) is 0. The van der Waals surface area contributed by atoms with Crippen LogP contribution in [0.1, 0.15) is 46.0 Å². The topological polar surface area (TPSA) is 75.4 Å². The summed E-state index contributed by atoms with van der Waals surface area (Å²) in [5, 5.41) is 9.93. The van der Waals surface area contributed by atoms with Gasteiger partial charge in [-0.2, -0.15) is 0 Å². The first-order valence-electron chi connectivity index (χ1n) is 9.39. The minimum atomic E-state index is -0.976. The summed E-state index contributed by atoms with van der Waals surface area (Å²) in [6.45, 7) is 10.7. The highest BCUT2D eigenvalue weighted by Gasteiger charge is 2.18. The van der Waals surface area contributed by atoms with E-state index >= 15 is 0 Å². The van der Waals surface area contributed by atoms with Crippen molar-refractivity contribution in [3.63, 3.8) is 0 Å². The van der Waals surface area contributed by atoms with Crippen LogP contribution in [0.25, 0.3) is 10.2 Å². The van der Waals surface area contributed by atoms with Gasteiger partial charge in [-0.1, -0.05) is 26.0 Å². The van der Waals surface area contributed by atoms with E-state index in [1.807, 2.05) is 19.9 Å². The van der Waals surface area contributed by atoms with Gasteiger partial charge in [0, 0.05) is 4.88 Å². The molecular formula is C21H25N3O3S. The monoisotopic (exact) mass is 399 g/mol. The molecule has 3 aromatic rings. The fourth-order valence-corrected chi connectivity index (χ4v) is 4.32. The van der Waals surface area contributed by atoms with Crippen molar-refractivity contribution in [3.05, 3.63) is 62.0 Å². The van der Waals surface area contributed by atoms with E-state index in [2.05, 4.69) is 18.7 Å². The van der Waals surface area contributed by atoms with E-state index in [-0.39, 0.29) is 11.1 Å². The molecule has 2 heterocycles. The van der Waals surface area contributed by atoms with Crippen molar-refractivity contribution in [2.24, 2.45) is 0 Å². The maximum atomic E-state index is 13.4. The van der Waals surface area contributed by atoms with Crippen LogP contribution >= 0.6 is 11.3 Å². The standard InChI is InChI=1S/C21H25N3O3S/c1-5-23(6-2)12-17-22-19-18(13(3)14(4)28-19)20(25)24(17)11-15-8-7-9-16(10-15)21(26)27/h7-10H,5-6,11-12H2,1-4H3,(H,26,27). The van der Waals surface area contributed by atoms with Gasteiger partial charge in [0.05, 0.1) is 24.0 Å². The zero-order valence-corrected chi connectivity index (χ0v) is 17.5. The molecule has 0 aliphatic carbocycles. The van der Waals surface area contributed by atoms with Crippen molar-refractivity contribution in [2.75, 3.05) is 13.1 Å². The number of thiophene rings is 1. The molecule has 0 aliphatic rings. The second-order valence-corrected chi connectivity index (χ2v) is 8.05. The van der Waals surface area contributed by atoms with Gasteiger partial charge in [0.1, 0.15) is 10.7 Å². The van der Waals surface area contributed by atoms with Gasteiger partial charge in [-0.05, 0) is 50.2 Å². The molecule has 0 atom stereocenters. The van der Waals surface area contributed by atoms with Crippen LogP contribution < -0.4 is 5.56 Å². The summed E-state index contributed by atoms with van der Waals surface area (Å²) in [5.74, 6) is -0.265. The number of aromatic carboxylic acids is 1. The summed E-state index contributed by atoms with van der Waals surface area (Å²) in [5.41, 5.74) is 1.90. The lowest BCUT2D eigenvalue weighted by Crippen LogP contribution is -2.31. The maximum Gasteiger partial charge on any atom is 0.335 e. The Labute approximate surface area is 168 Å². The molecule has 0 fully saturated rings. The molecule has 0 radical (unpaired) electrons. The molecule has 28 heavy (non-hydrogen) atoms. The first kappa shape index (κ1) is 20.2. The van der Waals surface area contributed by atoms with Crippen LogP contribution in [0.15, 0.2) is 29.1 Å². The Hall–Kier alpha value is -2.51. The first-order chi connectivity index (χ1) is 13.3. The van der Waals surface area contributed by atoms with Crippen LogP contribution in [0.2, 0.25) is 0 Å². The van der Waals surface area contributed by atoms with Gasteiger partial charge in [0.2, 0.25) is 0 Å². The van der Waals surface area contributed by atoms with Crippen molar-refractivity contribution < 1.29 is 9.90 Å². The fraction of sp³-hybridized carbons (Fsp3) is 0.381. The van der Waals surface area contributed by atoms with E-state index < -0.39 is 5.97 Å². The molecule has 0 saturated heterocycles. The van der Waals surface area contributed by atoms with Crippen LogP contribution in [0, 0.1) is 13.8 Å². The number of hydrogen-bond donors (Lipinski definition) is 1. The van der Waals surface area contributed by atoms with Crippen molar-refractivity contribution in [1.82, 2.24) is 14.5 Å². The van der Waals surface area contributed by atoms with Crippen LogP contribution in [0.3, 0.4) is 0 Å². The number of fused-ring (bicyclic) bond motifs is 1. The SMILES string of the molecule is CCN(CC)Cc1nc2sc(C)c(C)c2c(=O)n1Cc1cccc(C(=O)O)c1. The smallest absolute Gasteiger partial charge is 0.335 e. The molecule has 148 valence electrons. The molecule has 0 amide bonds. The van der Waals surface area contributed by atoms with Crippen LogP contribution in [-0.2, 0) is 13.1 Å². The van der Waals surface area contributed by atoms with Crippen molar-refractivity contribution in [3.8, 4) is 0 Å². The Balaban J connectivity index is 2.16. The minimum absolute atomic E-state index is 0.0604. The Morgan fingerprint density at radius 1 is 1.25 bits per heavy atom. The predicted octanol–water partition coefficient (Wildman–Crippen LogP) is 3.66. The summed E-state index contributed by atoms with van der Waals surface area (Å²) < 4.78 is 1.70. The summed E-state index contributed by atoms with van der Waals surface area (Å²) in [6, 6.07) is 6.72. The van der Waals surface area contributed by atoms with E-state index in [0.29, 0.717) is 24.3 Å². The molecule has 7 heteroatoms. The number of carbonyl (C=O) groups is 1. The van der Waals surface area contributed by atoms with Crippen LogP contribution in [-0.4, -0.2) is 38.6 Å². The highest BCUT2D eigenvalue weighted by atomic mass is 32.1. The Bertz CT molecular complexity index is 1080. The van der Waals surface area contributed by atoms with Gasteiger partial charge < -0.3 is 5.11 Å². The third-order valence-corrected chi connectivity index (χ3v) is 6.24. The van der Waals surface area contributed by atoms with Crippen LogP contribution in [0.4, 0.5) is 0 Å². The Morgan fingerprint density at radius 3 is 2.61 bits per heavy atom. The van der Waals surface area contributed by atoms with E-state index in [0.717, 1.165) is 33.9 Å². The Morgan fingerprint density at radius 2 is 1.96 bits per heavy atom. The first-order valence-corrected chi connectivity index (χ1v) is 10.2. The lowest BCUT2D eigenvalue weighted by molar-refractivity contribution is 0.0696. The maximum absolute atomic E-state index is 13.4. The minimum Gasteiger partial charge on any atom is -0.478 e. The van der Waals surface area contributed by atoms with E-state index in [4.69, 9.17) is 4.98 Å². The number of hydrogen-bond acceptors (Lipinski definition) is 5. The number of carboxylic acid groups (broad SMARTS) is 1. The van der Waals surface area contributed by atoms with Crippen molar-refractivity contribution in [2.45, 2.75) is 40.8 Å². The van der Waals surface area contributed by atoms with Crippen molar-refractivity contribution >= 4 is 27.5 Å². The number of benzene rings is 1. The number of carboxylic acids is 1. The van der Waals surface area contributed by atoms with Crippen molar-refractivity contribution in [1.29, 1.82) is 0 Å². The van der Waals surface area contributed by atoms with Gasteiger partial charge in [-0.25, -0.2) is 9.78 Å². The zero-order chi connectivity index (χ0) is 20.4. The second-order valence-electron chi connectivity index (χ2n) is 6.85. The van der Waals surface area contributed by atoms with Crippen LogP contribution in [0.5, 0.6) is 0 Å². The molecule has 3 rings (SSSR count). The molecule has 1 aromatic carbocycles. The summed E-state index contributed by atoms with van der Waals surface area (Å²) in [4.78, 5) is 33.6. The largest absolute Gasteiger partial charge is 0.478 e. The lowest BCUT2D eigenvalue weighted by Gasteiger charge is -2.20. The normalized spacial score (nSPS) is 11.5. The number of nitrogens with zero attached hydrogens (tertiary/aromatic N) is 3. The molecule has 0 unspecified atom stereocenters. The van der Waals surface area contributed by atoms with Gasteiger partial charge in [0.15, 0.2) is 0 Å². The third kappa shape index (κ3) is 3.86. The lowest BCUT2D eigenvalue weighted by atomic mass is 10.1. The highest BCUT2D eigenvalue weighted by Crippen LogP contribution is 2.26. The molecule has 0 bridgehead atoms. The average Bonchev–Trinajstić information content (AvgIpc) is 2.96. The zero-order valence-electron chi connectivity index (χ0n) is 16.7. The molecule has 0 saturated carbocycles. The predicted molar refractivity (Wildman–Crippen MR) is 112 cm³/mol. The molecule has 0 spiro atoms. The molecule has 1 N–H and O–H groups in total. The van der Waals surface area contributed by atoms with Gasteiger partial charge in [0.25, 0.3) is 5.56 Å². The van der Waals surface area contributed by atoms with E-state index in [1.165, 1.54) is 0 Å². The summed E-state index contributed by atoms with van der Waals surface area (Å²) in [6.07, 6.45) is 0. The number of rotatable bonds is 7. The molecule has 2 aromatic heterocycles. The highest BCUT2D eigenvalue weighted by molar-refractivity contribution is 7.18. The number of aryl methyl sites for hydroxylation is 2. The van der Waals surface area contributed by atoms with Gasteiger partial charge in [-0.15, -0.1) is 11.3 Å². The third-order valence-electron chi connectivity index (χ3n) is 5.14. The summed E-state index contributed by atoms with van der Waals surface area (Å²) >= 11 is 1.55. The fourth-order valence-electron chi connectivity index (χ4n) is 3.29. The quantitative estimate of drug-likeness (QED) is 0.656. The Kier molecular flexibility index (Phi) is 5.96. The van der Waals surface area contributed by atoms with Gasteiger partial charge >= 0.3 is 5.97 Å². The van der Waals surface area contributed by atoms with Gasteiger partial charge in [-0.3, -0.25) is 14.3 Å². The molecule has 6 nitrogen and oxygen atoms in total. The van der Waals surface area contributed by atoms with E-state index in [9.17, 15) is 14.7 Å². The average molecular weight is 400 g/mol.